The van der Waals surface area contributed by atoms with Crippen molar-refractivity contribution in [3.8, 4) is 0 Å². The van der Waals surface area contributed by atoms with Crippen molar-refractivity contribution in [2.24, 2.45) is 0 Å². The molecular weight excluding hydrogens is 550 g/mol. The maximum atomic E-state index is 13.9. The van der Waals surface area contributed by atoms with Crippen LogP contribution in [0.15, 0.2) is 65.3 Å². The zero-order chi connectivity index (χ0) is 25.2. The highest BCUT2D eigenvalue weighted by Crippen LogP contribution is 2.33. The lowest BCUT2D eigenvalue weighted by molar-refractivity contribution is 0.240. The third-order valence-corrected chi connectivity index (χ3v) is 6.95. The van der Waals surface area contributed by atoms with E-state index in [2.05, 4.69) is 31.1 Å². The average molecular weight is 572 g/mol. The molecule has 0 saturated carbocycles. The first kappa shape index (κ1) is 24.6. The number of carbonyl (C=O) groups is 1. The number of fused-ring (bicyclic) bond motifs is 3. The zero-order valence-corrected chi connectivity index (χ0v) is 21.5. The molecule has 5 nitrogen and oxygen atoms in total. The molecule has 2 aromatic heterocycles. The zero-order valence-electron chi connectivity index (χ0n) is 19.1. The fourth-order valence-corrected chi connectivity index (χ4v) is 5.11. The molecule has 2 aromatic carbocycles. The van der Waals surface area contributed by atoms with E-state index in [4.69, 9.17) is 11.6 Å². The predicted molar refractivity (Wildman–Crippen MR) is 141 cm³/mol. The quantitative estimate of drug-likeness (QED) is 0.276. The Labute approximate surface area is 220 Å². The molecule has 9 heteroatoms. The lowest BCUT2D eigenvalue weighted by Gasteiger charge is -2.27. The summed E-state index contributed by atoms with van der Waals surface area (Å²) < 4.78 is 29.8. The minimum absolute atomic E-state index is 0.198. The van der Waals surface area contributed by atoms with Crippen LogP contribution < -0.4 is 5.32 Å². The highest BCUT2D eigenvalue weighted by atomic mass is 79.9. The monoisotopic (exact) mass is 570 g/mol. The van der Waals surface area contributed by atoms with Crippen molar-refractivity contribution in [3.05, 3.63) is 104 Å². The Hall–Kier alpha value is -3.07. The Bertz CT molecular complexity index is 1490. The van der Waals surface area contributed by atoms with Gasteiger partial charge in [-0.15, -0.1) is 0 Å². The van der Waals surface area contributed by atoms with E-state index < -0.39 is 11.6 Å². The van der Waals surface area contributed by atoms with Gasteiger partial charge >= 0.3 is 6.03 Å². The third-order valence-electron chi connectivity index (χ3n) is 6.25. The van der Waals surface area contributed by atoms with Gasteiger partial charge in [0.05, 0.1) is 5.52 Å². The molecule has 3 heterocycles. The predicted octanol–water partition coefficient (Wildman–Crippen LogP) is 6.56. The summed E-state index contributed by atoms with van der Waals surface area (Å²) >= 11 is 9.52. The number of halogens is 4. The van der Waals surface area contributed by atoms with Gasteiger partial charge in [-0.3, -0.25) is 9.47 Å². The fourth-order valence-electron chi connectivity index (χ4n) is 4.55. The van der Waals surface area contributed by atoms with E-state index in [0.29, 0.717) is 36.8 Å². The van der Waals surface area contributed by atoms with Crippen LogP contribution >= 0.6 is 27.5 Å². The molecule has 36 heavy (non-hydrogen) atoms. The molecule has 0 unspecified atom stereocenters. The van der Waals surface area contributed by atoms with Crippen molar-refractivity contribution in [1.82, 2.24) is 19.8 Å². The minimum atomic E-state index is -0.593. The number of nitrogens with one attached hydrogen (secondary N) is 1. The van der Waals surface area contributed by atoms with Gasteiger partial charge in [0, 0.05) is 66.0 Å². The SMILES string of the molecule is O=C(NCc1ccnc(Cl)c1)n1c2c(c3cc(Br)ccc31)CN(C/C=C/c1ccc(F)cc1F)CC2. The van der Waals surface area contributed by atoms with Gasteiger partial charge in [-0.2, -0.15) is 0 Å². The summed E-state index contributed by atoms with van der Waals surface area (Å²) in [6.07, 6.45) is 5.85. The highest BCUT2D eigenvalue weighted by Gasteiger charge is 2.26. The maximum Gasteiger partial charge on any atom is 0.326 e. The first-order valence-corrected chi connectivity index (χ1v) is 12.6. The van der Waals surface area contributed by atoms with Crippen LogP contribution in [-0.2, 0) is 19.5 Å². The summed E-state index contributed by atoms with van der Waals surface area (Å²) in [5.41, 5.74) is 4.15. The summed E-state index contributed by atoms with van der Waals surface area (Å²) in [5.74, 6) is -1.18. The van der Waals surface area contributed by atoms with E-state index in [-0.39, 0.29) is 6.03 Å². The van der Waals surface area contributed by atoms with Crippen LogP contribution in [-0.4, -0.2) is 33.6 Å². The largest absolute Gasteiger partial charge is 0.333 e. The Morgan fingerprint density at radius 1 is 1.17 bits per heavy atom. The third kappa shape index (κ3) is 5.21. The van der Waals surface area contributed by atoms with E-state index in [1.54, 1.807) is 22.9 Å². The standard InChI is InChI=1S/C27H22BrClF2N4O/c28-19-4-6-24-21(13-19)22-16-34(10-1-2-18-3-5-20(30)14-23(18)31)11-8-25(22)35(24)27(36)33-15-17-7-9-32-26(29)12-17/h1-7,9,12-14H,8,10-11,15-16H2,(H,33,36)/b2-1+. The van der Waals surface area contributed by atoms with E-state index in [9.17, 15) is 13.6 Å². The van der Waals surface area contributed by atoms with Crippen molar-refractivity contribution < 1.29 is 13.6 Å². The first-order valence-electron chi connectivity index (χ1n) is 11.4. The molecule has 0 saturated heterocycles. The van der Waals surface area contributed by atoms with E-state index in [0.717, 1.165) is 44.8 Å². The number of benzene rings is 2. The number of rotatable bonds is 5. The Morgan fingerprint density at radius 2 is 2.03 bits per heavy atom. The number of carbonyl (C=O) groups excluding carboxylic acids is 1. The van der Waals surface area contributed by atoms with Crippen LogP contribution in [0.5, 0.6) is 0 Å². The van der Waals surface area contributed by atoms with Crippen LogP contribution in [0.3, 0.4) is 0 Å². The number of hydrogen-bond acceptors (Lipinski definition) is 3. The number of nitrogens with zero attached hydrogens (tertiary/aromatic N) is 3. The molecule has 0 radical (unpaired) electrons. The molecule has 1 aliphatic rings. The summed E-state index contributed by atoms with van der Waals surface area (Å²) in [6, 6.07) is 12.8. The van der Waals surface area contributed by atoms with Crippen molar-refractivity contribution in [1.29, 1.82) is 0 Å². The van der Waals surface area contributed by atoms with Gasteiger partial charge in [0.1, 0.15) is 16.8 Å². The van der Waals surface area contributed by atoms with Crippen molar-refractivity contribution in [3.63, 3.8) is 0 Å². The van der Waals surface area contributed by atoms with Gasteiger partial charge < -0.3 is 5.32 Å². The lowest BCUT2D eigenvalue weighted by atomic mass is 10.0. The van der Waals surface area contributed by atoms with Gasteiger partial charge in [-0.1, -0.05) is 39.7 Å². The summed E-state index contributed by atoms with van der Waals surface area (Å²) in [7, 11) is 0. The molecule has 0 spiro atoms. The lowest BCUT2D eigenvalue weighted by Crippen LogP contribution is -2.34. The first-order chi connectivity index (χ1) is 17.4. The molecule has 5 rings (SSSR count). The molecule has 1 N–H and O–H groups in total. The molecule has 4 aromatic rings. The Kier molecular flexibility index (Phi) is 7.18. The highest BCUT2D eigenvalue weighted by molar-refractivity contribution is 9.10. The molecule has 0 fully saturated rings. The summed E-state index contributed by atoms with van der Waals surface area (Å²) in [5, 5.41) is 4.39. The molecular formula is C27H22BrClF2N4O. The molecule has 0 aliphatic carbocycles. The van der Waals surface area contributed by atoms with Crippen LogP contribution in [0.1, 0.15) is 22.4 Å². The van der Waals surface area contributed by atoms with Crippen molar-refractivity contribution in [2.45, 2.75) is 19.5 Å². The second kappa shape index (κ2) is 10.5. The molecule has 0 bridgehead atoms. The molecule has 184 valence electrons. The van der Waals surface area contributed by atoms with Crippen LogP contribution in [0, 0.1) is 11.6 Å². The normalized spacial score (nSPS) is 13.9. The van der Waals surface area contributed by atoms with E-state index in [1.807, 2.05) is 30.3 Å². The number of pyridine rings is 1. The van der Waals surface area contributed by atoms with E-state index in [1.165, 1.54) is 12.1 Å². The molecule has 1 aliphatic heterocycles. The van der Waals surface area contributed by atoms with Gasteiger partial charge in [-0.25, -0.2) is 18.6 Å². The number of aromatic nitrogens is 2. The second-order valence-corrected chi connectivity index (χ2v) is 9.92. The summed E-state index contributed by atoms with van der Waals surface area (Å²) in [4.78, 5) is 19.5. The molecule has 0 atom stereocenters. The number of hydrogen-bond donors (Lipinski definition) is 1. The van der Waals surface area contributed by atoms with Crippen molar-refractivity contribution in [2.75, 3.05) is 13.1 Å². The van der Waals surface area contributed by atoms with Crippen LogP contribution in [0.4, 0.5) is 13.6 Å². The maximum absolute atomic E-state index is 13.9. The smallest absolute Gasteiger partial charge is 0.326 e. The van der Waals surface area contributed by atoms with Gasteiger partial charge in [0.25, 0.3) is 0 Å². The minimum Gasteiger partial charge on any atom is -0.333 e. The Balaban J connectivity index is 1.37. The Morgan fingerprint density at radius 3 is 2.83 bits per heavy atom. The van der Waals surface area contributed by atoms with Crippen molar-refractivity contribution >= 4 is 50.5 Å². The van der Waals surface area contributed by atoms with Crippen LogP contribution in [0.25, 0.3) is 17.0 Å². The summed E-state index contributed by atoms with van der Waals surface area (Å²) in [6.45, 7) is 2.33. The van der Waals surface area contributed by atoms with Crippen LogP contribution in [0.2, 0.25) is 5.15 Å². The topological polar surface area (TPSA) is 50.2 Å². The van der Waals surface area contributed by atoms with Gasteiger partial charge in [-0.05, 0) is 53.6 Å². The average Bonchev–Trinajstić information content (AvgIpc) is 3.17. The van der Waals surface area contributed by atoms with E-state index >= 15 is 0 Å². The van der Waals surface area contributed by atoms with Gasteiger partial charge in [0.2, 0.25) is 0 Å². The number of amides is 1. The molecule has 1 amide bonds. The van der Waals surface area contributed by atoms with Gasteiger partial charge in [0.15, 0.2) is 0 Å². The second-order valence-electron chi connectivity index (χ2n) is 8.62. The fraction of sp³-hybridized carbons (Fsp3) is 0.185.